The Kier molecular flexibility index (Phi) is 6.54. The Balaban J connectivity index is 1.42. The standard InChI is InChI=1S/C19H20BrN3O4/c1-25-15-4-2-5-16(10-15)26-13-17-6-7-18(27-17)19(24)21-8-3-9-23-12-14(20)11-22-23/h2,4-7,10-12H,3,8-9,13H2,1H3,(H,21,24). The average Bonchev–Trinajstić information content (AvgIpc) is 3.32. The Hall–Kier alpha value is -2.74. The van der Waals surface area contributed by atoms with Crippen LogP contribution in [0.4, 0.5) is 0 Å². The van der Waals surface area contributed by atoms with Crippen molar-refractivity contribution in [2.75, 3.05) is 13.7 Å². The van der Waals surface area contributed by atoms with E-state index in [1.54, 1.807) is 31.5 Å². The van der Waals surface area contributed by atoms with Gasteiger partial charge in [0.2, 0.25) is 0 Å². The fourth-order valence-corrected chi connectivity index (χ4v) is 2.74. The molecule has 7 nitrogen and oxygen atoms in total. The minimum atomic E-state index is -0.246. The summed E-state index contributed by atoms with van der Waals surface area (Å²) in [5.41, 5.74) is 0. The summed E-state index contributed by atoms with van der Waals surface area (Å²) >= 11 is 3.35. The van der Waals surface area contributed by atoms with Crippen molar-refractivity contribution in [2.24, 2.45) is 0 Å². The zero-order valence-corrected chi connectivity index (χ0v) is 16.4. The Bertz CT molecular complexity index is 890. The number of hydrogen-bond acceptors (Lipinski definition) is 5. The number of ether oxygens (including phenoxy) is 2. The van der Waals surface area contributed by atoms with Gasteiger partial charge in [0, 0.05) is 25.4 Å². The number of halogens is 1. The summed E-state index contributed by atoms with van der Waals surface area (Å²) in [6.45, 7) is 1.49. The van der Waals surface area contributed by atoms with Crippen LogP contribution in [-0.2, 0) is 13.2 Å². The minimum absolute atomic E-state index is 0.231. The molecule has 0 radical (unpaired) electrons. The van der Waals surface area contributed by atoms with Crippen LogP contribution < -0.4 is 14.8 Å². The lowest BCUT2D eigenvalue weighted by Crippen LogP contribution is -2.24. The van der Waals surface area contributed by atoms with Crippen molar-refractivity contribution in [3.63, 3.8) is 0 Å². The predicted octanol–water partition coefficient (Wildman–Crippen LogP) is 3.65. The first kappa shape index (κ1) is 19.0. The monoisotopic (exact) mass is 433 g/mol. The molecule has 3 aromatic rings. The van der Waals surface area contributed by atoms with Gasteiger partial charge in [0.05, 0.1) is 17.8 Å². The van der Waals surface area contributed by atoms with E-state index in [2.05, 4.69) is 26.3 Å². The predicted molar refractivity (Wildman–Crippen MR) is 103 cm³/mol. The molecular formula is C19H20BrN3O4. The quantitative estimate of drug-likeness (QED) is 0.521. The van der Waals surface area contributed by atoms with Crippen LogP contribution in [0.1, 0.15) is 22.7 Å². The van der Waals surface area contributed by atoms with Gasteiger partial charge in [-0.05, 0) is 46.6 Å². The maximum atomic E-state index is 12.1. The number of benzene rings is 1. The lowest BCUT2D eigenvalue weighted by atomic mass is 10.3. The van der Waals surface area contributed by atoms with E-state index in [9.17, 15) is 4.79 Å². The number of carbonyl (C=O) groups excluding carboxylic acids is 1. The van der Waals surface area contributed by atoms with Gasteiger partial charge >= 0.3 is 0 Å². The van der Waals surface area contributed by atoms with Crippen LogP contribution in [0.25, 0.3) is 0 Å². The number of rotatable bonds is 9. The van der Waals surface area contributed by atoms with Gasteiger partial charge in [-0.2, -0.15) is 5.10 Å². The van der Waals surface area contributed by atoms with Crippen LogP contribution in [0, 0.1) is 0 Å². The number of aryl methyl sites for hydroxylation is 1. The highest BCUT2D eigenvalue weighted by Gasteiger charge is 2.11. The average molecular weight is 434 g/mol. The van der Waals surface area contributed by atoms with Crippen LogP contribution in [0.3, 0.4) is 0 Å². The van der Waals surface area contributed by atoms with E-state index < -0.39 is 0 Å². The molecule has 0 aliphatic carbocycles. The summed E-state index contributed by atoms with van der Waals surface area (Å²) in [6.07, 6.45) is 4.39. The van der Waals surface area contributed by atoms with Crippen LogP contribution in [0.2, 0.25) is 0 Å². The molecule has 0 atom stereocenters. The molecule has 142 valence electrons. The molecule has 0 bridgehead atoms. The number of nitrogens with zero attached hydrogens (tertiary/aromatic N) is 2. The molecular weight excluding hydrogens is 414 g/mol. The Morgan fingerprint density at radius 3 is 2.93 bits per heavy atom. The largest absolute Gasteiger partial charge is 0.497 e. The molecule has 0 fully saturated rings. The summed E-state index contributed by atoms with van der Waals surface area (Å²) in [5.74, 6) is 1.98. The van der Waals surface area contributed by atoms with Crippen LogP contribution in [-0.4, -0.2) is 29.3 Å². The highest BCUT2D eigenvalue weighted by atomic mass is 79.9. The van der Waals surface area contributed by atoms with Crippen LogP contribution >= 0.6 is 15.9 Å². The number of amides is 1. The lowest BCUT2D eigenvalue weighted by Gasteiger charge is -2.06. The molecule has 2 heterocycles. The second-order valence-corrected chi connectivity index (χ2v) is 6.68. The lowest BCUT2D eigenvalue weighted by molar-refractivity contribution is 0.0921. The van der Waals surface area contributed by atoms with Gasteiger partial charge in [-0.3, -0.25) is 9.48 Å². The van der Waals surface area contributed by atoms with Crippen LogP contribution in [0.15, 0.2) is 57.7 Å². The van der Waals surface area contributed by atoms with Crippen molar-refractivity contribution >= 4 is 21.8 Å². The number of furan rings is 1. The molecule has 27 heavy (non-hydrogen) atoms. The zero-order chi connectivity index (χ0) is 19.1. The fraction of sp³-hybridized carbons (Fsp3) is 0.263. The molecule has 3 rings (SSSR count). The van der Waals surface area contributed by atoms with Gasteiger partial charge < -0.3 is 19.2 Å². The fourth-order valence-electron chi connectivity index (χ4n) is 2.41. The number of methoxy groups -OCH3 is 1. The van der Waals surface area contributed by atoms with Crippen molar-refractivity contribution in [1.29, 1.82) is 0 Å². The van der Waals surface area contributed by atoms with E-state index in [-0.39, 0.29) is 18.3 Å². The minimum Gasteiger partial charge on any atom is -0.497 e. The molecule has 2 aromatic heterocycles. The Morgan fingerprint density at radius 2 is 2.15 bits per heavy atom. The van der Waals surface area contributed by atoms with Gasteiger partial charge in [-0.15, -0.1) is 0 Å². The Labute approximate surface area is 165 Å². The molecule has 8 heteroatoms. The first-order valence-electron chi connectivity index (χ1n) is 8.46. The summed E-state index contributed by atoms with van der Waals surface area (Å²) < 4.78 is 19.1. The SMILES string of the molecule is COc1cccc(OCc2ccc(C(=O)NCCCn3cc(Br)cn3)o2)c1. The van der Waals surface area contributed by atoms with Crippen LogP contribution in [0.5, 0.6) is 11.5 Å². The van der Waals surface area contributed by atoms with Gasteiger partial charge in [-0.25, -0.2) is 0 Å². The van der Waals surface area contributed by atoms with Crippen molar-refractivity contribution in [3.8, 4) is 11.5 Å². The highest BCUT2D eigenvalue weighted by molar-refractivity contribution is 9.10. The number of aromatic nitrogens is 2. The molecule has 1 N–H and O–H groups in total. The van der Waals surface area contributed by atoms with Crippen molar-refractivity contribution in [2.45, 2.75) is 19.6 Å². The van der Waals surface area contributed by atoms with Crippen molar-refractivity contribution in [3.05, 3.63) is 64.8 Å². The van der Waals surface area contributed by atoms with E-state index in [4.69, 9.17) is 13.9 Å². The second-order valence-electron chi connectivity index (χ2n) is 5.76. The second kappa shape index (κ2) is 9.27. The molecule has 0 aliphatic heterocycles. The summed E-state index contributed by atoms with van der Waals surface area (Å²) in [5, 5.41) is 7.00. The summed E-state index contributed by atoms with van der Waals surface area (Å²) in [4.78, 5) is 12.1. The third kappa shape index (κ3) is 5.62. The summed E-state index contributed by atoms with van der Waals surface area (Å²) in [6, 6.07) is 10.7. The van der Waals surface area contributed by atoms with Crippen molar-refractivity contribution in [1.82, 2.24) is 15.1 Å². The smallest absolute Gasteiger partial charge is 0.286 e. The topological polar surface area (TPSA) is 78.5 Å². The molecule has 0 unspecified atom stereocenters. The van der Waals surface area contributed by atoms with Crippen molar-refractivity contribution < 1.29 is 18.7 Å². The molecule has 0 spiro atoms. The third-order valence-corrected chi connectivity index (χ3v) is 4.17. The Morgan fingerprint density at radius 1 is 1.30 bits per heavy atom. The molecule has 0 aliphatic rings. The first-order valence-corrected chi connectivity index (χ1v) is 9.25. The molecule has 1 aromatic carbocycles. The number of nitrogens with one attached hydrogen (secondary N) is 1. The van der Waals surface area contributed by atoms with Gasteiger partial charge in [0.15, 0.2) is 5.76 Å². The summed E-state index contributed by atoms with van der Waals surface area (Å²) in [7, 11) is 1.60. The van der Waals surface area contributed by atoms with Gasteiger partial charge in [-0.1, -0.05) is 6.07 Å². The number of carbonyl (C=O) groups is 1. The van der Waals surface area contributed by atoms with E-state index in [0.29, 0.717) is 18.1 Å². The maximum absolute atomic E-state index is 12.1. The molecule has 0 saturated heterocycles. The third-order valence-electron chi connectivity index (χ3n) is 3.76. The number of hydrogen-bond donors (Lipinski definition) is 1. The normalized spacial score (nSPS) is 10.6. The van der Waals surface area contributed by atoms with Gasteiger partial charge in [0.25, 0.3) is 5.91 Å². The van der Waals surface area contributed by atoms with Gasteiger partial charge in [0.1, 0.15) is 23.9 Å². The maximum Gasteiger partial charge on any atom is 0.286 e. The zero-order valence-electron chi connectivity index (χ0n) is 14.9. The van der Waals surface area contributed by atoms with E-state index in [1.807, 2.05) is 29.1 Å². The van der Waals surface area contributed by atoms with E-state index in [1.165, 1.54) is 0 Å². The van der Waals surface area contributed by atoms with E-state index in [0.717, 1.165) is 23.2 Å². The van der Waals surface area contributed by atoms with E-state index >= 15 is 0 Å². The molecule has 1 amide bonds. The highest BCUT2D eigenvalue weighted by Crippen LogP contribution is 2.20. The molecule has 0 saturated carbocycles. The first-order chi connectivity index (χ1) is 13.1.